The third kappa shape index (κ3) is 4.73. The van der Waals surface area contributed by atoms with Gasteiger partial charge in [-0.3, -0.25) is 9.78 Å². The first kappa shape index (κ1) is 19.0. The Balaban J connectivity index is 1.57. The van der Waals surface area contributed by atoms with E-state index in [-0.39, 0.29) is 24.1 Å². The van der Waals surface area contributed by atoms with Crippen LogP contribution in [0.2, 0.25) is 5.02 Å². The van der Waals surface area contributed by atoms with Crippen molar-refractivity contribution < 1.29 is 9.90 Å². The van der Waals surface area contributed by atoms with E-state index in [9.17, 15) is 9.90 Å². The third-order valence-electron chi connectivity index (χ3n) is 4.58. The number of hydrogen-bond acceptors (Lipinski definition) is 4. The van der Waals surface area contributed by atoms with Crippen molar-refractivity contribution in [3.63, 3.8) is 0 Å². The molecule has 0 aliphatic heterocycles. The first-order valence-electron chi connectivity index (χ1n) is 9.19. The molecular weight excluding hydrogens is 388 g/mol. The molecule has 2 aromatic heterocycles. The summed E-state index contributed by atoms with van der Waals surface area (Å²) in [4.78, 5) is 24.8. The molecular formula is C22H19ClN4O2. The highest BCUT2D eigenvalue weighted by atomic mass is 35.5. The molecule has 1 amide bonds. The van der Waals surface area contributed by atoms with Crippen molar-refractivity contribution in [2.24, 2.45) is 0 Å². The SMILES string of the molecule is O=C(Cc1ccc(Cl)cn1)NC(Cc1ccc(O)cc1)c1nc2ccccc2[nH]1. The van der Waals surface area contributed by atoms with E-state index in [0.717, 1.165) is 16.6 Å². The van der Waals surface area contributed by atoms with E-state index in [1.807, 2.05) is 36.4 Å². The number of carbonyl (C=O) groups excluding carboxylic acids is 1. The summed E-state index contributed by atoms with van der Waals surface area (Å²) in [7, 11) is 0. The summed E-state index contributed by atoms with van der Waals surface area (Å²) in [5.41, 5.74) is 3.36. The average molecular weight is 407 g/mol. The molecule has 146 valence electrons. The van der Waals surface area contributed by atoms with Gasteiger partial charge in [0.05, 0.1) is 28.5 Å². The van der Waals surface area contributed by atoms with Crippen molar-refractivity contribution in [1.29, 1.82) is 0 Å². The number of carbonyl (C=O) groups is 1. The molecule has 0 radical (unpaired) electrons. The van der Waals surface area contributed by atoms with Crippen molar-refractivity contribution in [2.45, 2.75) is 18.9 Å². The van der Waals surface area contributed by atoms with Gasteiger partial charge >= 0.3 is 0 Å². The molecule has 4 rings (SSSR count). The molecule has 1 unspecified atom stereocenters. The maximum Gasteiger partial charge on any atom is 0.226 e. The number of phenolic OH excluding ortho intramolecular Hbond substituents is 1. The zero-order chi connectivity index (χ0) is 20.2. The van der Waals surface area contributed by atoms with Crippen LogP contribution in [0.15, 0.2) is 66.9 Å². The number of hydrogen-bond donors (Lipinski definition) is 3. The molecule has 0 fully saturated rings. The predicted octanol–water partition coefficient (Wildman–Crippen LogP) is 3.96. The zero-order valence-electron chi connectivity index (χ0n) is 15.5. The van der Waals surface area contributed by atoms with Crippen molar-refractivity contribution in [3.05, 3.63) is 89.0 Å². The van der Waals surface area contributed by atoms with Crippen LogP contribution in [0, 0.1) is 0 Å². The Labute approximate surface area is 172 Å². The van der Waals surface area contributed by atoms with Gasteiger partial charge in [0.1, 0.15) is 11.6 Å². The Morgan fingerprint density at radius 1 is 1.10 bits per heavy atom. The molecule has 29 heavy (non-hydrogen) atoms. The lowest BCUT2D eigenvalue weighted by Crippen LogP contribution is -2.32. The first-order chi connectivity index (χ1) is 14.1. The molecule has 0 bridgehead atoms. The van der Waals surface area contributed by atoms with Crippen LogP contribution in [0.1, 0.15) is 23.1 Å². The number of H-pyrrole nitrogens is 1. The number of nitrogens with zero attached hydrogens (tertiary/aromatic N) is 2. The lowest BCUT2D eigenvalue weighted by molar-refractivity contribution is -0.121. The van der Waals surface area contributed by atoms with E-state index in [0.29, 0.717) is 23.0 Å². The third-order valence-corrected chi connectivity index (χ3v) is 4.80. The fourth-order valence-corrected chi connectivity index (χ4v) is 3.25. The second-order valence-corrected chi connectivity index (χ2v) is 7.21. The predicted molar refractivity (Wildman–Crippen MR) is 112 cm³/mol. The normalized spacial score (nSPS) is 12.0. The Bertz CT molecular complexity index is 1090. The smallest absolute Gasteiger partial charge is 0.226 e. The minimum absolute atomic E-state index is 0.142. The highest BCUT2D eigenvalue weighted by Gasteiger charge is 2.19. The number of benzene rings is 2. The van der Waals surface area contributed by atoms with Gasteiger partial charge in [0.2, 0.25) is 5.91 Å². The Kier molecular flexibility index (Phi) is 5.44. The Hall–Kier alpha value is -3.38. The summed E-state index contributed by atoms with van der Waals surface area (Å²) in [5, 5.41) is 13.1. The minimum Gasteiger partial charge on any atom is -0.508 e. The van der Waals surface area contributed by atoms with Crippen LogP contribution in [0.3, 0.4) is 0 Å². The number of aromatic hydroxyl groups is 1. The second kappa shape index (κ2) is 8.32. The number of aromatic nitrogens is 3. The quantitative estimate of drug-likeness (QED) is 0.452. The van der Waals surface area contributed by atoms with E-state index in [2.05, 4.69) is 20.3 Å². The number of halogens is 1. The van der Waals surface area contributed by atoms with Crippen molar-refractivity contribution in [1.82, 2.24) is 20.3 Å². The van der Waals surface area contributed by atoms with Crippen LogP contribution in [0.5, 0.6) is 5.75 Å². The fourth-order valence-electron chi connectivity index (χ4n) is 3.14. The Morgan fingerprint density at radius 3 is 2.62 bits per heavy atom. The standard InChI is InChI=1S/C22H19ClN4O2/c23-15-7-8-16(24-13-15)12-21(29)25-20(11-14-5-9-17(28)10-6-14)22-26-18-3-1-2-4-19(18)27-22/h1-10,13,20,28H,11-12H2,(H,25,29)(H,26,27). The van der Waals surface area contributed by atoms with Gasteiger partial charge in [-0.25, -0.2) is 4.98 Å². The van der Waals surface area contributed by atoms with Crippen LogP contribution in [0.4, 0.5) is 0 Å². The molecule has 0 spiro atoms. The molecule has 3 N–H and O–H groups in total. The summed E-state index contributed by atoms with van der Waals surface area (Å²) < 4.78 is 0. The number of amides is 1. The van der Waals surface area contributed by atoms with Crippen LogP contribution in [-0.2, 0) is 17.6 Å². The number of rotatable bonds is 6. The second-order valence-electron chi connectivity index (χ2n) is 6.77. The fraction of sp³-hybridized carbons (Fsp3) is 0.136. The summed E-state index contributed by atoms with van der Waals surface area (Å²) in [6.07, 6.45) is 2.20. The van der Waals surface area contributed by atoms with Gasteiger partial charge in [-0.2, -0.15) is 0 Å². The minimum atomic E-state index is -0.355. The summed E-state index contributed by atoms with van der Waals surface area (Å²) in [6.45, 7) is 0. The van der Waals surface area contributed by atoms with E-state index in [1.54, 1.807) is 24.3 Å². The van der Waals surface area contributed by atoms with E-state index >= 15 is 0 Å². The van der Waals surface area contributed by atoms with Crippen molar-refractivity contribution in [3.8, 4) is 5.75 Å². The molecule has 2 heterocycles. The number of para-hydroxylation sites is 2. The van der Waals surface area contributed by atoms with Crippen LogP contribution < -0.4 is 5.32 Å². The van der Waals surface area contributed by atoms with Gasteiger partial charge in [-0.05, 0) is 48.4 Å². The van der Waals surface area contributed by atoms with Crippen molar-refractivity contribution >= 4 is 28.5 Å². The molecule has 0 saturated heterocycles. The topological polar surface area (TPSA) is 90.9 Å². The number of fused-ring (bicyclic) bond motifs is 1. The number of imidazole rings is 1. The van der Waals surface area contributed by atoms with Crippen LogP contribution in [-0.4, -0.2) is 26.0 Å². The maximum absolute atomic E-state index is 12.7. The maximum atomic E-state index is 12.7. The molecule has 4 aromatic rings. The molecule has 0 saturated carbocycles. The monoisotopic (exact) mass is 406 g/mol. The highest BCUT2D eigenvalue weighted by Crippen LogP contribution is 2.21. The van der Waals surface area contributed by atoms with E-state index < -0.39 is 0 Å². The number of nitrogens with one attached hydrogen (secondary N) is 2. The number of pyridine rings is 1. The van der Waals surface area contributed by atoms with Gasteiger partial charge < -0.3 is 15.4 Å². The molecule has 0 aliphatic rings. The number of phenols is 1. The lowest BCUT2D eigenvalue weighted by Gasteiger charge is -2.17. The Morgan fingerprint density at radius 2 is 1.90 bits per heavy atom. The molecule has 6 nitrogen and oxygen atoms in total. The largest absolute Gasteiger partial charge is 0.508 e. The highest BCUT2D eigenvalue weighted by molar-refractivity contribution is 6.30. The first-order valence-corrected chi connectivity index (χ1v) is 9.57. The van der Waals surface area contributed by atoms with Crippen LogP contribution in [0.25, 0.3) is 11.0 Å². The lowest BCUT2D eigenvalue weighted by atomic mass is 10.0. The van der Waals surface area contributed by atoms with E-state index in [4.69, 9.17) is 11.6 Å². The molecule has 1 atom stereocenters. The van der Waals surface area contributed by atoms with Gasteiger partial charge in [0.25, 0.3) is 0 Å². The number of aromatic amines is 1. The van der Waals surface area contributed by atoms with Crippen molar-refractivity contribution in [2.75, 3.05) is 0 Å². The van der Waals surface area contributed by atoms with Gasteiger partial charge in [0, 0.05) is 11.9 Å². The van der Waals surface area contributed by atoms with Crippen LogP contribution >= 0.6 is 11.6 Å². The zero-order valence-corrected chi connectivity index (χ0v) is 16.2. The van der Waals surface area contributed by atoms with Gasteiger partial charge in [0.15, 0.2) is 0 Å². The van der Waals surface area contributed by atoms with E-state index in [1.165, 1.54) is 6.20 Å². The van der Waals surface area contributed by atoms with Gasteiger partial charge in [-0.15, -0.1) is 0 Å². The summed E-state index contributed by atoms with van der Waals surface area (Å²) in [5.74, 6) is 0.715. The average Bonchev–Trinajstić information content (AvgIpc) is 3.15. The summed E-state index contributed by atoms with van der Waals surface area (Å²) >= 11 is 5.86. The molecule has 0 aliphatic carbocycles. The van der Waals surface area contributed by atoms with Gasteiger partial charge in [-0.1, -0.05) is 35.9 Å². The summed E-state index contributed by atoms with van der Waals surface area (Å²) in [6, 6.07) is 17.7. The molecule has 2 aromatic carbocycles. The molecule has 7 heteroatoms.